The fourth-order valence-electron chi connectivity index (χ4n) is 4.88. The highest BCUT2D eigenvalue weighted by molar-refractivity contribution is 5.97. The molecular weight excluding hydrogens is 346 g/mol. The number of ether oxygens (including phenoxy) is 2. The summed E-state index contributed by atoms with van der Waals surface area (Å²) in [5.41, 5.74) is 1.08. The molecule has 2 aliphatic carbocycles. The van der Waals surface area contributed by atoms with Crippen LogP contribution < -0.4 is 5.32 Å². The van der Waals surface area contributed by atoms with E-state index in [1.807, 2.05) is 0 Å². The summed E-state index contributed by atoms with van der Waals surface area (Å²) in [6.45, 7) is 2.52. The smallest absolute Gasteiger partial charge is 0.338 e. The molecule has 6 heteroatoms. The molecule has 5 atom stereocenters. The molecule has 4 rings (SSSR count). The predicted octanol–water partition coefficient (Wildman–Crippen LogP) is 3.17. The molecule has 2 bridgehead atoms. The van der Waals surface area contributed by atoms with Gasteiger partial charge in [0.05, 0.1) is 24.0 Å². The zero-order valence-electron chi connectivity index (χ0n) is 15.5. The lowest BCUT2D eigenvalue weighted by Gasteiger charge is -2.23. The second-order valence-electron chi connectivity index (χ2n) is 7.83. The van der Waals surface area contributed by atoms with Gasteiger partial charge in [0, 0.05) is 11.6 Å². The van der Waals surface area contributed by atoms with Crippen molar-refractivity contribution in [2.24, 2.45) is 23.7 Å². The third-order valence-corrected chi connectivity index (χ3v) is 6.16. The van der Waals surface area contributed by atoms with Gasteiger partial charge in [-0.3, -0.25) is 9.59 Å². The number of benzene rings is 1. The summed E-state index contributed by atoms with van der Waals surface area (Å²) in [5, 5.41) is 2.90. The van der Waals surface area contributed by atoms with Crippen molar-refractivity contribution in [2.45, 2.75) is 45.1 Å². The average Bonchev–Trinajstić information content (AvgIpc) is 3.28. The van der Waals surface area contributed by atoms with Crippen molar-refractivity contribution in [3.63, 3.8) is 0 Å². The summed E-state index contributed by atoms with van der Waals surface area (Å²) in [7, 11) is 0. The highest BCUT2D eigenvalue weighted by Crippen LogP contribution is 2.57. The van der Waals surface area contributed by atoms with E-state index in [1.165, 1.54) is 0 Å². The van der Waals surface area contributed by atoms with Gasteiger partial charge in [0.1, 0.15) is 6.10 Å². The number of amides is 1. The summed E-state index contributed by atoms with van der Waals surface area (Å²) in [6, 6.07) is 6.70. The van der Waals surface area contributed by atoms with Crippen LogP contribution in [0.25, 0.3) is 0 Å². The third kappa shape index (κ3) is 3.33. The Balaban J connectivity index is 1.34. The number of rotatable bonds is 7. The van der Waals surface area contributed by atoms with Crippen molar-refractivity contribution in [3.8, 4) is 0 Å². The normalized spacial score (nSPS) is 30.3. The molecule has 6 nitrogen and oxygen atoms in total. The SMILES string of the molecule is CCCCCOC(=O)c1ccc(NC(=O)[C@@H]2[C@@H]3C[C@@H]4[C@H]2C(=O)O[C@@H]4C3)cc1. The number of hydrogen-bond acceptors (Lipinski definition) is 5. The van der Waals surface area contributed by atoms with Crippen molar-refractivity contribution < 1.29 is 23.9 Å². The Morgan fingerprint density at radius 1 is 1.19 bits per heavy atom. The lowest BCUT2D eigenvalue weighted by Crippen LogP contribution is -2.35. The second kappa shape index (κ2) is 7.33. The van der Waals surface area contributed by atoms with E-state index in [9.17, 15) is 14.4 Å². The van der Waals surface area contributed by atoms with E-state index in [4.69, 9.17) is 9.47 Å². The van der Waals surface area contributed by atoms with Crippen molar-refractivity contribution in [1.29, 1.82) is 0 Å². The predicted molar refractivity (Wildman–Crippen MR) is 98.0 cm³/mol. The Bertz CT molecular complexity index is 741. The second-order valence-corrected chi connectivity index (χ2v) is 7.83. The first-order valence-corrected chi connectivity index (χ1v) is 9.87. The van der Waals surface area contributed by atoms with Gasteiger partial charge in [-0.1, -0.05) is 19.8 Å². The molecule has 144 valence electrons. The van der Waals surface area contributed by atoms with E-state index < -0.39 is 0 Å². The Labute approximate surface area is 158 Å². The van der Waals surface area contributed by atoms with E-state index in [-0.39, 0.29) is 47.6 Å². The summed E-state index contributed by atoms with van der Waals surface area (Å²) < 4.78 is 10.6. The molecule has 3 aliphatic rings. The van der Waals surface area contributed by atoms with Gasteiger partial charge < -0.3 is 14.8 Å². The Morgan fingerprint density at radius 2 is 1.96 bits per heavy atom. The minimum absolute atomic E-state index is 0.0270. The van der Waals surface area contributed by atoms with E-state index in [0.717, 1.165) is 32.1 Å². The van der Waals surface area contributed by atoms with Crippen molar-refractivity contribution in [2.75, 3.05) is 11.9 Å². The van der Waals surface area contributed by atoms with Gasteiger partial charge >= 0.3 is 11.9 Å². The quantitative estimate of drug-likeness (QED) is 0.588. The van der Waals surface area contributed by atoms with Crippen LogP contribution in [-0.2, 0) is 19.1 Å². The average molecular weight is 371 g/mol. The fraction of sp³-hybridized carbons (Fsp3) is 0.571. The lowest BCUT2D eigenvalue weighted by molar-refractivity contribution is -0.145. The molecule has 1 N–H and O–H groups in total. The molecule has 0 aromatic heterocycles. The highest BCUT2D eigenvalue weighted by atomic mass is 16.6. The van der Waals surface area contributed by atoms with E-state index in [0.29, 0.717) is 17.9 Å². The van der Waals surface area contributed by atoms with Gasteiger partial charge in [-0.15, -0.1) is 0 Å². The third-order valence-electron chi connectivity index (χ3n) is 6.16. The van der Waals surface area contributed by atoms with Gasteiger partial charge in [0.25, 0.3) is 0 Å². The molecule has 1 saturated heterocycles. The summed E-state index contributed by atoms with van der Waals surface area (Å²) in [6.07, 6.45) is 4.71. The maximum absolute atomic E-state index is 12.7. The molecule has 0 spiro atoms. The Kier molecular flexibility index (Phi) is 4.89. The summed E-state index contributed by atoms with van der Waals surface area (Å²) >= 11 is 0. The lowest BCUT2D eigenvalue weighted by atomic mass is 9.79. The van der Waals surface area contributed by atoms with Crippen LogP contribution in [0.5, 0.6) is 0 Å². The number of esters is 2. The molecule has 1 heterocycles. The van der Waals surface area contributed by atoms with Gasteiger partial charge in [-0.25, -0.2) is 4.79 Å². The van der Waals surface area contributed by atoms with Crippen LogP contribution in [0.1, 0.15) is 49.4 Å². The fourth-order valence-corrected chi connectivity index (χ4v) is 4.88. The van der Waals surface area contributed by atoms with Crippen LogP contribution in [-0.4, -0.2) is 30.6 Å². The monoisotopic (exact) mass is 371 g/mol. The zero-order chi connectivity index (χ0) is 19.0. The number of carbonyl (C=O) groups is 3. The van der Waals surface area contributed by atoms with Crippen molar-refractivity contribution >= 4 is 23.5 Å². The molecule has 1 aliphatic heterocycles. The van der Waals surface area contributed by atoms with E-state index in [1.54, 1.807) is 24.3 Å². The Morgan fingerprint density at radius 3 is 2.70 bits per heavy atom. The van der Waals surface area contributed by atoms with Crippen LogP contribution >= 0.6 is 0 Å². The molecule has 27 heavy (non-hydrogen) atoms. The molecular formula is C21H25NO5. The highest BCUT2D eigenvalue weighted by Gasteiger charge is 2.63. The van der Waals surface area contributed by atoms with Crippen LogP contribution in [0.15, 0.2) is 24.3 Å². The first-order valence-electron chi connectivity index (χ1n) is 9.87. The standard InChI is InChI=1S/C21H25NO5/c1-2-3-4-9-26-20(24)12-5-7-14(8-6-12)22-19(23)17-13-10-15-16(11-13)27-21(25)18(15)17/h5-8,13,15-18H,2-4,9-11H2,1H3,(H,22,23)/t13-,15+,16-,17-,18-/m1/s1. The van der Waals surface area contributed by atoms with Crippen LogP contribution in [0, 0.1) is 23.7 Å². The molecule has 0 unspecified atom stereocenters. The zero-order valence-corrected chi connectivity index (χ0v) is 15.5. The number of nitrogens with one attached hydrogen (secondary N) is 1. The van der Waals surface area contributed by atoms with Gasteiger partial charge in [0.2, 0.25) is 5.91 Å². The maximum atomic E-state index is 12.7. The first-order chi connectivity index (χ1) is 13.1. The molecule has 3 fully saturated rings. The number of unbranched alkanes of at least 4 members (excludes halogenated alkanes) is 2. The first kappa shape index (κ1) is 18.0. The summed E-state index contributed by atoms with van der Waals surface area (Å²) in [5.74, 6) is -0.838. The van der Waals surface area contributed by atoms with Crippen molar-refractivity contribution in [3.05, 3.63) is 29.8 Å². The van der Waals surface area contributed by atoms with Gasteiger partial charge in [0.15, 0.2) is 0 Å². The van der Waals surface area contributed by atoms with E-state index >= 15 is 0 Å². The number of hydrogen-bond donors (Lipinski definition) is 1. The topological polar surface area (TPSA) is 81.7 Å². The van der Waals surface area contributed by atoms with E-state index in [2.05, 4.69) is 12.2 Å². The number of fused-ring (bicyclic) bond motifs is 1. The maximum Gasteiger partial charge on any atom is 0.338 e. The number of carbonyl (C=O) groups excluding carboxylic acids is 3. The van der Waals surface area contributed by atoms with Crippen LogP contribution in [0.2, 0.25) is 0 Å². The molecule has 1 aromatic rings. The van der Waals surface area contributed by atoms with Crippen LogP contribution in [0.4, 0.5) is 5.69 Å². The Hall–Kier alpha value is -2.37. The minimum Gasteiger partial charge on any atom is -0.462 e. The van der Waals surface area contributed by atoms with Crippen molar-refractivity contribution in [1.82, 2.24) is 0 Å². The summed E-state index contributed by atoms with van der Waals surface area (Å²) in [4.78, 5) is 36.8. The molecule has 1 amide bonds. The van der Waals surface area contributed by atoms with Gasteiger partial charge in [-0.05, 0) is 49.4 Å². The van der Waals surface area contributed by atoms with Gasteiger partial charge in [-0.2, -0.15) is 0 Å². The minimum atomic E-state index is -0.350. The molecule has 0 radical (unpaired) electrons. The molecule has 2 saturated carbocycles. The number of anilines is 1. The van der Waals surface area contributed by atoms with Crippen LogP contribution in [0.3, 0.4) is 0 Å². The largest absolute Gasteiger partial charge is 0.462 e. The molecule has 1 aromatic carbocycles.